The zero-order valence-electron chi connectivity index (χ0n) is 8.78. The lowest BCUT2D eigenvalue weighted by atomic mass is 10.3. The summed E-state index contributed by atoms with van der Waals surface area (Å²) in [5.41, 5.74) is 3.21. The number of pyridine rings is 1. The molecule has 2 heterocycles. The molecule has 0 radical (unpaired) electrons. The van der Waals surface area contributed by atoms with Crippen molar-refractivity contribution in [3.8, 4) is 0 Å². The number of thioether (sulfide) groups is 1. The molecule has 0 saturated heterocycles. The van der Waals surface area contributed by atoms with Crippen molar-refractivity contribution >= 4 is 35.1 Å². The normalized spacial score (nSPS) is 11.1. The van der Waals surface area contributed by atoms with Crippen LogP contribution in [0.1, 0.15) is 5.56 Å². The van der Waals surface area contributed by atoms with Crippen molar-refractivity contribution in [1.82, 2.24) is 14.5 Å². The highest BCUT2D eigenvalue weighted by atomic mass is 32.2. The van der Waals surface area contributed by atoms with Crippen LogP contribution in [-0.2, 0) is 6.54 Å². The van der Waals surface area contributed by atoms with Gasteiger partial charge in [-0.2, -0.15) is 11.8 Å². The van der Waals surface area contributed by atoms with E-state index in [1.807, 2.05) is 24.0 Å². The van der Waals surface area contributed by atoms with Crippen LogP contribution in [0.2, 0.25) is 0 Å². The average Bonchev–Trinajstić information content (AvgIpc) is 2.54. The fraction of sp³-hybridized carbons (Fsp3) is 0.400. The van der Waals surface area contributed by atoms with Gasteiger partial charge in [-0.1, -0.05) is 0 Å². The molecule has 0 aliphatic heterocycles. The van der Waals surface area contributed by atoms with Crippen LogP contribution in [0.3, 0.4) is 0 Å². The summed E-state index contributed by atoms with van der Waals surface area (Å²) in [4.78, 5) is 7.58. The minimum Gasteiger partial charge on any atom is -0.329 e. The molecule has 0 saturated carbocycles. The van der Waals surface area contributed by atoms with Gasteiger partial charge in [-0.25, -0.2) is 4.98 Å². The monoisotopic (exact) mass is 239 g/mol. The second-order valence-electron chi connectivity index (χ2n) is 3.40. The van der Waals surface area contributed by atoms with Crippen LogP contribution >= 0.6 is 24.0 Å². The molecular formula is C10H13N3S2. The van der Waals surface area contributed by atoms with Gasteiger partial charge in [-0.15, -0.1) is 0 Å². The molecule has 80 valence electrons. The van der Waals surface area contributed by atoms with Crippen molar-refractivity contribution in [1.29, 1.82) is 0 Å². The number of aromatic nitrogens is 3. The number of imidazole rings is 1. The summed E-state index contributed by atoms with van der Waals surface area (Å²) in [6.07, 6.45) is 3.92. The molecule has 2 aromatic heterocycles. The lowest BCUT2D eigenvalue weighted by molar-refractivity contribution is 0.775. The van der Waals surface area contributed by atoms with Crippen LogP contribution in [-0.4, -0.2) is 26.5 Å². The Labute approximate surface area is 97.9 Å². The zero-order valence-corrected chi connectivity index (χ0v) is 10.4. The smallest absolute Gasteiger partial charge is 0.179 e. The van der Waals surface area contributed by atoms with E-state index >= 15 is 0 Å². The van der Waals surface area contributed by atoms with Crippen molar-refractivity contribution in [2.75, 3.05) is 12.0 Å². The summed E-state index contributed by atoms with van der Waals surface area (Å²) in [5, 5.41) is 0. The van der Waals surface area contributed by atoms with Gasteiger partial charge in [0.1, 0.15) is 0 Å². The quantitative estimate of drug-likeness (QED) is 0.836. The van der Waals surface area contributed by atoms with Crippen molar-refractivity contribution in [3.05, 3.63) is 22.6 Å². The predicted octanol–water partition coefficient (Wildman–Crippen LogP) is 2.77. The Kier molecular flexibility index (Phi) is 3.11. The number of nitrogens with zero attached hydrogens (tertiary/aromatic N) is 2. The molecule has 2 rings (SSSR count). The lowest BCUT2D eigenvalue weighted by Gasteiger charge is -2.01. The van der Waals surface area contributed by atoms with Crippen molar-refractivity contribution in [3.63, 3.8) is 0 Å². The molecule has 5 heteroatoms. The second kappa shape index (κ2) is 4.37. The number of hydrogen-bond acceptors (Lipinski definition) is 3. The fourth-order valence-electron chi connectivity index (χ4n) is 1.56. The summed E-state index contributed by atoms with van der Waals surface area (Å²) in [6, 6.07) is 1.99. The molecule has 3 nitrogen and oxygen atoms in total. The molecule has 0 fully saturated rings. The molecular weight excluding hydrogens is 226 g/mol. The van der Waals surface area contributed by atoms with E-state index in [9.17, 15) is 0 Å². The number of H-pyrrole nitrogens is 1. The molecule has 0 aliphatic rings. The van der Waals surface area contributed by atoms with E-state index in [4.69, 9.17) is 12.2 Å². The molecule has 2 aromatic rings. The van der Waals surface area contributed by atoms with Gasteiger partial charge in [0.15, 0.2) is 10.4 Å². The van der Waals surface area contributed by atoms with E-state index < -0.39 is 0 Å². The first-order chi connectivity index (χ1) is 7.24. The molecule has 0 unspecified atom stereocenters. The largest absolute Gasteiger partial charge is 0.329 e. The highest BCUT2D eigenvalue weighted by molar-refractivity contribution is 7.98. The van der Waals surface area contributed by atoms with E-state index in [0.717, 1.165) is 28.2 Å². The maximum Gasteiger partial charge on any atom is 0.179 e. The van der Waals surface area contributed by atoms with Crippen LogP contribution in [0.5, 0.6) is 0 Å². The van der Waals surface area contributed by atoms with Gasteiger partial charge in [0, 0.05) is 18.5 Å². The number of rotatable bonds is 3. The Morgan fingerprint density at radius 3 is 3.13 bits per heavy atom. The van der Waals surface area contributed by atoms with E-state index in [1.54, 1.807) is 0 Å². The highest BCUT2D eigenvalue weighted by Gasteiger charge is 2.06. The van der Waals surface area contributed by atoms with E-state index in [2.05, 4.69) is 27.7 Å². The first-order valence-electron chi connectivity index (χ1n) is 4.77. The Morgan fingerprint density at radius 2 is 2.40 bits per heavy atom. The number of nitrogens with one attached hydrogen (secondary N) is 1. The van der Waals surface area contributed by atoms with Crippen LogP contribution in [0, 0.1) is 11.7 Å². The maximum atomic E-state index is 5.28. The summed E-state index contributed by atoms with van der Waals surface area (Å²) in [6.45, 7) is 2.98. The average molecular weight is 239 g/mol. The first kappa shape index (κ1) is 10.7. The summed E-state index contributed by atoms with van der Waals surface area (Å²) in [5.74, 6) is 1.05. The third-order valence-electron chi connectivity index (χ3n) is 2.39. The maximum absolute atomic E-state index is 5.28. The minimum atomic E-state index is 0.765. The molecule has 1 N–H and O–H groups in total. The first-order valence-corrected chi connectivity index (χ1v) is 6.57. The van der Waals surface area contributed by atoms with E-state index in [0.29, 0.717) is 0 Å². The number of hydrogen-bond donors (Lipinski definition) is 1. The molecule has 0 aromatic carbocycles. The van der Waals surface area contributed by atoms with Crippen LogP contribution in [0.15, 0.2) is 12.3 Å². The van der Waals surface area contributed by atoms with Crippen LogP contribution < -0.4 is 0 Å². The Bertz CT molecular complexity index is 527. The van der Waals surface area contributed by atoms with Gasteiger partial charge in [0.05, 0.1) is 5.52 Å². The van der Waals surface area contributed by atoms with Gasteiger partial charge in [-0.3, -0.25) is 0 Å². The predicted molar refractivity (Wildman–Crippen MR) is 68.0 cm³/mol. The zero-order chi connectivity index (χ0) is 10.8. The van der Waals surface area contributed by atoms with Crippen LogP contribution in [0.4, 0.5) is 0 Å². The summed E-state index contributed by atoms with van der Waals surface area (Å²) >= 11 is 7.10. The van der Waals surface area contributed by atoms with Gasteiger partial charge >= 0.3 is 0 Å². The lowest BCUT2D eigenvalue weighted by Crippen LogP contribution is -2.01. The summed E-state index contributed by atoms with van der Waals surface area (Å²) in [7, 11) is 0. The molecule has 15 heavy (non-hydrogen) atoms. The standard InChI is InChI=1S/C10H13N3S2/c1-7-3-4-11-9-8(7)12-10(14)13(9)5-6-15-2/h3-4H,5-6H2,1-2H3,(H,12,14). The third kappa shape index (κ3) is 1.94. The molecule has 0 bridgehead atoms. The third-order valence-corrected chi connectivity index (χ3v) is 3.30. The van der Waals surface area contributed by atoms with Gasteiger partial charge in [0.25, 0.3) is 0 Å². The topological polar surface area (TPSA) is 33.6 Å². The fourth-order valence-corrected chi connectivity index (χ4v) is 2.21. The van der Waals surface area contributed by atoms with E-state index in [-0.39, 0.29) is 0 Å². The molecule has 0 atom stereocenters. The van der Waals surface area contributed by atoms with Crippen molar-refractivity contribution in [2.45, 2.75) is 13.5 Å². The minimum absolute atomic E-state index is 0.765. The number of fused-ring (bicyclic) bond motifs is 1. The Hall–Kier alpha value is -0.810. The molecule has 0 spiro atoms. The Morgan fingerprint density at radius 1 is 1.60 bits per heavy atom. The summed E-state index contributed by atoms with van der Waals surface area (Å²) < 4.78 is 2.83. The van der Waals surface area contributed by atoms with E-state index in [1.165, 1.54) is 5.56 Å². The highest BCUT2D eigenvalue weighted by Crippen LogP contribution is 2.15. The van der Waals surface area contributed by atoms with Gasteiger partial charge in [-0.05, 0) is 37.0 Å². The Balaban J connectivity index is 2.58. The number of aryl methyl sites for hydroxylation is 2. The van der Waals surface area contributed by atoms with Crippen molar-refractivity contribution < 1.29 is 0 Å². The second-order valence-corrected chi connectivity index (χ2v) is 4.77. The molecule has 0 aliphatic carbocycles. The number of aromatic amines is 1. The SMILES string of the molecule is CSCCn1c(=S)[nH]c2c(C)ccnc21. The van der Waals surface area contributed by atoms with Crippen molar-refractivity contribution in [2.24, 2.45) is 0 Å². The van der Waals surface area contributed by atoms with Gasteiger partial charge in [0.2, 0.25) is 0 Å². The molecule has 0 amide bonds. The van der Waals surface area contributed by atoms with Gasteiger partial charge < -0.3 is 9.55 Å². The van der Waals surface area contributed by atoms with Crippen LogP contribution in [0.25, 0.3) is 11.2 Å².